The lowest BCUT2D eigenvalue weighted by Crippen LogP contribution is -2.29. The first kappa shape index (κ1) is 22.4. The molecule has 170 valence electrons. The molecule has 0 aliphatic carbocycles. The highest BCUT2D eigenvalue weighted by Gasteiger charge is 2.48. The Labute approximate surface area is 193 Å². The number of benzene rings is 2. The van der Waals surface area contributed by atoms with Crippen LogP contribution >= 0.6 is 0 Å². The van der Waals surface area contributed by atoms with Gasteiger partial charge in [0, 0.05) is 11.3 Å². The number of nitrogens with zero attached hydrogens (tertiary/aromatic N) is 1. The number of ketones is 1. The van der Waals surface area contributed by atoms with Crippen molar-refractivity contribution in [2.75, 3.05) is 11.5 Å². The topological polar surface area (TPSA) is 80.0 Å². The average molecular weight is 446 g/mol. The summed E-state index contributed by atoms with van der Waals surface area (Å²) < 4.78 is 11.4. The Bertz CT molecular complexity index is 1220. The Morgan fingerprint density at radius 2 is 1.88 bits per heavy atom. The molecule has 6 nitrogen and oxygen atoms in total. The van der Waals surface area contributed by atoms with E-state index in [1.807, 2.05) is 32.0 Å². The number of hydrogen-bond acceptors (Lipinski definition) is 5. The highest BCUT2D eigenvalue weighted by molar-refractivity contribution is 6.51. The maximum absolute atomic E-state index is 13.1. The minimum atomic E-state index is -0.876. The summed E-state index contributed by atoms with van der Waals surface area (Å²) in [6.07, 6.45) is 1.48. The van der Waals surface area contributed by atoms with Gasteiger partial charge in [0.2, 0.25) is 0 Å². The summed E-state index contributed by atoms with van der Waals surface area (Å²) >= 11 is 0. The van der Waals surface area contributed by atoms with Crippen molar-refractivity contribution in [2.24, 2.45) is 5.92 Å². The fourth-order valence-electron chi connectivity index (χ4n) is 3.96. The van der Waals surface area contributed by atoms with Crippen molar-refractivity contribution in [2.45, 2.75) is 33.7 Å². The fourth-order valence-corrected chi connectivity index (χ4v) is 3.96. The number of hydrogen-bond donors (Lipinski definition) is 1. The van der Waals surface area contributed by atoms with Gasteiger partial charge in [-0.3, -0.25) is 14.5 Å². The van der Waals surface area contributed by atoms with E-state index in [0.717, 1.165) is 11.1 Å². The molecule has 4 rings (SSSR count). The van der Waals surface area contributed by atoms with Crippen LogP contribution < -0.4 is 9.64 Å². The number of furan rings is 1. The molecule has 1 aromatic heterocycles. The fraction of sp³-hybridized carbons (Fsp3) is 0.259. The molecule has 6 heteroatoms. The Hall–Kier alpha value is -3.80. The van der Waals surface area contributed by atoms with Crippen LogP contribution in [0.5, 0.6) is 5.75 Å². The van der Waals surface area contributed by atoms with Crippen LogP contribution in [0, 0.1) is 19.8 Å². The van der Waals surface area contributed by atoms with Crippen LogP contribution in [0.4, 0.5) is 5.69 Å². The Balaban J connectivity index is 1.81. The number of Topliss-reactive ketones (excluding diaryl/α,β-unsaturated/α-hetero) is 1. The van der Waals surface area contributed by atoms with Gasteiger partial charge < -0.3 is 14.3 Å². The van der Waals surface area contributed by atoms with Gasteiger partial charge in [-0.2, -0.15) is 0 Å². The summed E-state index contributed by atoms with van der Waals surface area (Å²) in [5.74, 6) is -0.231. The SMILES string of the molecule is Cc1cccc(N2C(=O)C(=O)/C(=C(\O)c3ccc(OCC(C)C)c(C)c3)C2c2ccco2)c1. The molecule has 1 atom stereocenters. The Morgan fingerprint density at radius 3 is 2.52 bits per heavy atom. The van der Waals surface area contributed by atoms with Crippen molar-refractivity contribution in [3.63, 3.8) is 0 Å². The van der Waals surface area contributed by atoms with Crippen LogP contribution in [-0.4, -0.2) is 23.4 Å². The number of aryl methyl sites for hydroxylation is 2. The molecular weight excluding hydrogens is 418 g/mol. The van der Waals surface area contributed by atoms with Gasteiger partial charge in [0.1, 0.15) is 23.3 Å². The van der Waals surface area contributed by atoms with Crippen LogP contribution in [0.1, 0.15) is 42.3 Å². The third kappa shape index (κ3) is 4.29. The van der Waals surface area contributed by atoms with Crippen molar-refractivity contribution in [1.82, 2.24) is 0 Å². The summed E-state index contributed by atoms with van der Waals surface area (Å²) in [6.45, 7) is 8.50. The quantitative estimate of drug-likeness (QED) is 0.305. The number of amides is 1. The zero-order valence-electron chi connectivity index (χ0n) is 19.2. The molecule has 3 aromatic rings. The van der Waals surface area contributed by atoms with Crippen molar-refractivity contribution in [3.8, 4) is 5.75 Å². The Kier molecular flexibility index (Phi) is 6.09. The highest BCUT2D eigenvalue weighted by atomic mass is 16.5. The predicted molar refractivity (Wildman–Crippen MR) is 126 cm³/mol. The molecule has 1 N–H and O–H groups in total. The van der Waals surface area contributed by atoms with Gasteiger partial charge in [0.15, 0.2) is 0 Å². The van der Waals surface area contributed by atoms with E-state index in [1.54, 1.807) is 36.4 Å². The number of anilines is 1. The van der Waals surface area contributed by atoms with E-state index >= 15 is 0 Å². The molecule has 1 saturated heterocycles. The van der Waals surface area contributed by atoms with Crippen LogP contribution in [0.25, 0.3) is 5.76 Å². The van der Waals surface area contributed by atoms with Gasteiger partial charge in [0.05, 0.1) is 18.4 Å². The lowest BCUT2D eigenvalue weighted by Gasteiger charge is -2.23. The molecule has 1 aliphatic heterocycles. The molecule has 1 aliphatic rings. The van der Waals surface area contributed by atoms with E-state index in [0.29, 0.717) is 35.3 Å². The molecule has 2 aromatic carbocycles. The number of carbonyl (C=O) groups is 2. The summed E-state index contributed by atoms with van der Waals surface area (Å²) in [6, 6.07) is 15.0. The molecule has 1 amide bonds. The van der Waals surface area contributed by atoms with E-state index < -0.39 is 17.7 Å². The van der Waals surface area contributed by atoms with Crippen LogP contribution in [0.2, 0.25) is 0 Å². The van der Waals surface area contributed by atoms with Crippen LogP contribution in [-0.2, 0) is 9.59 Å². The molecule has 2 heterocycles. The monoisotopic (exact) mass is 445 g/mol. The maximum Gasteiger partial charge on any atom is 0.300 e. The number of carbonyl (C=O) groups excluding carboxylic acids is 2. The third-order valence-corrected chi connectivity index (χ3v) is 5.56. The van der Waals surface area contributed by atoms with Crippen LogP contribution in [0.3, 0.4) is 0 Å². The van der Waals surface area contributed by atoms with Gasteiger partial charge in [-0.25, -0.2) is 0 Å². The molecule has 1 fully saturated rings. The first-order valence-corrected chi connectivity index (χ1v) is 10.9. The second-order valence-corrected chi connectivity index (χ2v) is 8.71. The summed E-state index contributed by atoms with van der Waals surface area (Å²) in [5, 5.41) is 11.2. The van der Waals surface area contributed by atoms with E-state index in [4.69, 9.17) is 9.15 Å². The maximum atomic E-state index is 13.1. The predicted octanol–water partition coefficient (Wildman–Crippen LogP) is 5.56. The third-order valence-electron chi connectivity index (χ3n) is 5.56. The van der Waals surface area contributed by atoms with Gasteiger partial charge in [-0.15, -0.1) is 0 Å². The number of aliphatic hydroxyl groups excluding tert-OH is 1. The number of ether oxygens (including phenoxy) is 1. The first-order valence-electron chi connectivity index (χ1n) is 10.9. The van der Waals surface area contributed by atoms with Crippen LogP contribution in [0.15, 0.2) is 70.9 Å². The summed E-state index contributed by atoms with van der Waals surface area (Å²) in [7, 11) is 0. The average Bonchev–Trinajstić information content (AvgIpc) is 3.39. The minimum absolute atomic E-state index is 0.00768. The smallest absolute Gasteiger partial charge is 0.300 e. The Morgan fingerprint density at radius 1 is 1.09 bits per heavy atom. The minimum Gasteiger partial charge on any atom is -0.507 e. The lowest BCUT2D eigenvalue weighted by atomic mass is 9.98. The molecule has 0 bridgehead atoms. The molecular formula is C27H27NO5. The highest BCUT2D eigenvalue weighted by Crippen LogP contribution is 2.42. The van der Waals surface area contributed by atoms with E-state index in [-0.39, 0.29) is 11.3 Å². The lowest BCUT2D eigenvalue weighted by molar-refractivity contribution is -0.132. The standard InChI is InChI=1S/C27H27NO5/c1-16(2)15-33-21-11-10-19(14-18(21)4)25(29)23-24(22-9-6-12-32-22)28(27(31)26(23)30)20-8-5-7-17(3)13-20/h5-14,16,24,29H,15H2,1-4H3/b25-23-. The van der Waals surface area contributed by atoms with Gasteiger partial charge in [0.25, 0.3) is 11.7 Å². The van der Waals surface area contributed by atoms with E-state index in [2.05, 4.69) is 13.8 Å². The molecule has 33 heavy (non-hydrogen) atoms. The zero-order chi connectivity index (χ0) is 23.7. The van der Waals surface area contributed by atoms with E-state index in [9.17, 15) is 14.7 Å². The zero-order valence-corrected chi connectivity index (χ0v) is 19.2. The van der Waals surface area contributed by atoms with E-state index in [1.165, 1.54) is 11.2 Å². The molecule has 0 spiro atoms. The second-order valence-electron chi connectivity index (χ2n) is 8.71. The van der Waals surface area contributed by atoms with Gasteiger partial charge in [-0.05, 0) is 73.4 Å². The molecule has 0 saturated carbocycles. The van der Waals surface area contributed by atoms with Gasteiger partial charge >= 0.3 is 0 Å². The van der Waals surface area contributed by atoms with Crippen molar-refractivity contribution >= 4 is 23.1 Å². The van der Waals surface area contributed by atoms with Crippen molar-refractivity contribution in [1.29, 1.82) is 0 Å². The first-order chi connectivity index (χ1) is 15.8. The van der Waals surface area contributed by atoms with Gasteiger partial charge in [-0.1, -0.05) is 26.0 Å². The second kappa shape index (κ2) is 8.98. The largest absolute Gasteiger partial charge is 0.507 e. The normalized spacial score (nSPS) is 17.7. The van der Waals surface area contributed by atoms with Crippen molar-refractivity contribution < 1.29 is 23.8 Å². The number of rotatable bonds is 6. The van der Waals surface area contributed by atoms with Crippen molar-refractivity contribution in [3.05, 3.63) is 88.9 Å². The molecule has 1 unspecified atom stereocenters. The summed E-state index contributed by atoms with van der Waals surface area (Å²) in [5.41, 5.74) is 2.75. The number of aliphatic hydroxyl groups is 1. The summed E-state index contributed by atoms with van der Waals surface area (Å²) in [4.78, 5) is 27.6. The molecule has 0 radical (unpaired) electrons.